The van der Waals surface area contributed by atoms with Crippen molar-refractivity contribution in [2.75, 3.05) is 7.05 Å². The number of halogens is 1. The standard InChI is InChI=1S/C30H30FN3O3/c1-4-21(5-2)34-29(35)19-8-6-7-18(15-19)23-16-24-25(30(36)32-3)27(17-9-11-20(31)12-10-17)37-28(24)22-13-14-33-26(22)23/h6,8-16,18,21,33H,4-5,7H2,1-3H3,(H,32,36)(H,34,35). The fraction of sp³-hybridized carbons (Fsp3) is 0.267. The smallest absolute Gasteiger partial charge is 0.255 e. The van der Waals surface area contributed by atoms with Crippen LogP contribution >= 0.6 is 0 Å². The third-order valence-electron chi connectivity index (χ3n) is 7.14. The molecular formula is C30H30FN3O3. The second-order valence-electron chi connectivity index (χ2n) is 9.35. The normalized spacial score (nSPS) is 15.4. The lowest BCUT2D eigenvalue weighted by Crippen LogP contribution is -2.34. The maximum Gasteiger partial charge on any atom is 0.255 e. The first kappa shape index (κ1) is 24.6. The summed E-state index contributed by atoms with van der Waals surface area (Å²) in [5.74, 6) is -0.412. The summed E-state index contributed by atoms with van der Waals surface area (Å²) in [5.41, 5.74) is 4.10. The van der Waals surface area contributed by atoms with Gasteiger partial charge in [0.25, 0.3) is 11.8 Å². The second kappa shape index (κ2) is 10.1. The zero-order valence-corrected chi connectivity index (χ0v) is 21.2. The van der Waals surface area contributed by atoms with Gasteiger partial charge in [0, 0.05) is 47.1 Å². The van der Waals surface area contributed by atoms with Crippen LogP contribution in [0.1, 0.15) is 54.9 Å². The van der Waals surface area contributed by atoms with Gasteiger partial charge in [-0.05, 0) is 61.2 Å². The van der Waals surface area contributed by atoms with Gasteiger partial charge in [-0.3, -0.25) is 9.59 Å². The Hall–Kier alpha value is -4.13. The molecule has 0 saturated carbocycles. The number of fused-ring (bicyclic) bond motifs is 3. The van der Waals surface area contributed by atoms with Crippen molar-refractivity contribution in [2.24, 2.45) is 0 Å². The molecule has 4 aromatic rings. The minimum atomic E-state index is -0.363. The molecule has 190 valence electrons. The quantitative estimate of drug-likeness (QED) is 0.277. The van der Waals surface area contributed by atoms with Gasteiger partial charge in [0.15, 0.2) is 0 Å². The molecule has 2 amide bonds. The number of nitrogens with one attached hydrogen (secondary N) is 3. The number of amides is 2. The molecule has 0 radical (unpaired) electrons. The van der Waals surface area contributed by atoms with E-state index in [1.807, 2.05) is 36.6 Å². The summed E-state index contributed by atoms with van der Waals surface area (Å²) >= 11 is 0. The first-order valence-electron chi connectivity index (χ1n) is 12.7. The summed E-state index contributed by atoms with van der Waals surface area (Å²) in [4.78, 5) is 29.4. The van der Waals surface area contributed by atoms with Crippen molar-refractivity contribution >= 4 is 33.7 Å². The van der Waals surface area contributed by atoms with Crippen molar-refractivity contribution in [2.45, 2.75) is 45.1 Å². The molecule has 6 nitrogen and oxygen atoms in total. The maximum atomic E-state index is 13.6. The van der Waals surface area contributed by atoms with E-state index in [4.69, 9.17) is 4.42 Å². The van der Waals surface area contributed by atoms with Gasteiger partial charge in [0.2, 0.25) is 0 Å². The number of hydrogen-bond acceptors (Lipinski definition) is 3. The van der Waals surface area contributed by atoms with E-state index in [1.54, 1.807) is 19.2 Å². The van der Waals surface area contributed by atoms with E-state index in [2.05, 4.69) is 29.5 Å². The van der Waals surface area contributed by atoms with Crippen LogP contribution in [0.4, 0.5) is 4.39 Å². The molecule has 37 heavy (non-hydrogen) atoms. The third kappa shape index (κ3) is 4.46. The minimum absolute atomic E-state index is 0.0697. The summed E-state index contributed by atoms with van der Waals surface area (Å²) in [6, 6.07) is 9.95. The molecule has 7 heteroatoms. The summed E-state index contributed by atoms with van der Waals surface area (Å²) in [7, 11) is 1.57. The third-order valence-corrected chi connectivity index (χ3v) is 7.14. The number of allylic oxidation sites excluding steroid dienone is 2. The molecule has 1 aliphatic carbocycles. The van der Waals surface area contributed by atoms with Crippen molar-refractivity contribution in [3.8, 4) is 11.3 Å². The summed E-state index contributed by atoms with van der Waals surface area (Å²) in [6.45, 7) is 4.13. The van der Waals surface area contributed by atoms with E-state index in [1.165, 1.54) is 12.1 Å². The number of aromatic nitrogens is 1. The van der Waals surface area contributed by atoms with Crippen LogP contribution < -0.4 is 10.6 Å². The van der Waals surface area contributed by atoms with Gasteiger partial charge in [-0.2, -0.15) is 0 Å². The van der Waals surface area contributed by atoms with Gasteiger partial charge < -0.3 is 20.0 Å². The predicted octanol–water partition coefficient (Wildman–Crippen LogP) is 6.35. The van der Waals surface area contributed by atoms with E-state index < -0.39 is 0 Å². The molecule has 1 aliphatic rings. The lowest BCUT2D eigenvalue weighted by molar-refractivity contribution is -0.117. The van der Waals surface area contributed by atoms with Crippen LogP contribution in [-0.4, -0.2) is 29.9 Å². The SMILES string of the molecule is CCC(CC)NC(=O)C1=CC(c2cc3c(C(=O)NC)c(-c4ccc(F)cc4)oc3c3cc[nH]c23)CC=C1. The average Bonchev–Trinajstić information content (AvgIpc) is 3.56. The van der Waals surface area contributed by atoms with Crippen molar-refractivity contribution in [1.82, 2.24) is 15.6 Å². The number of aromatic amines is 1. The van der Waals surface area contributed by atoms with Gasteiger partial charge in [0.1, 0.15) is 17.2 Å². The largest absolute Gasteiger partial charge is 0.454 e. The fourth-order valence-electron chi connectivity index (χ4n) is 5.07. The molecule has 2 aromatic carbocycles. The minimum Gasteiger partial charge on any atom is -0.454 e. The highest BCUT2D eigenvalue weighted by atomic mass is 19.1. The molecule has 0 spiro atoms. The molecule has 2 heterocycles. The topological polar surface area (TPSA) is 87.1 Å². The van der Waals surface area contributed by atoms with Crippen LogP contribution in [-0.2, 0) is 4.79 Å². The summed E-state index contributed by atoms with van der Waals surface area (Å²) in [5, 5.41) is 7.35. The Balaban J connectivity index is 1.66. The summed E-state index contributed by atoms with van der Waals surface area (Å²) < 4.78 is 19.9. The first-order valence-corrected chi connectivity index (χ1v) is 12.7. The number of rotatable bonds is 7. The first-order chi connectivity index (χ1) is 17.9. The van der Waals surface area contributed by atoms with E-state index in [9.17, 15) is 14.0 Å². The van der Waals surface area contributed by atoms with Gasteiger partial charge in [0.05, 0.1) is 11.1 Å². The van der Waals surface area contributed by atoms with E-state index >= 15 is 0 Å². The molecular weight excluding hydrogens is 469 g/mol. The zero-order chi connectivity index (χ0) is 26.1. The highest BCUT2D eigenvalue weighted by Gasteiger charge is 2.27. The van der Waals surface area contributed by atoms with Crippen LogP contribution in [0.2, 0.25) is 0 Å². The maximum absolute atomic E-state index is 13.6. The van der Waals surface area contributed by atoms with E-state index in [0.29, 0.717) is 33.4 Å². The molecule has 0 aliphatic heterocycles. The van der Waals surface area contributed by atoms with Crippen LogP contribution in [0, 0.1) is 5.82 Å². The fourth-order valence-corrected chi connectivity index (χ4v) is 5.07. The zero-order valence-electron chi connectivity index (χ0n) is 21.2. The molecule has 3 N–H and O–H groups in total. The molecule has 0 fully saturated rings. The average molecular weight is 500 g/mol. The second-order valence-corrected chi connectivity index (χ2v) is 9.35. The van der Waals surface area contributed by atoms with Gasteiger partial charge in [-0.15, -0.1) is 0 Å². The predicted molar refractivity (Wildman–Crippen MR) is 144 cm³/mol. The summed E-state index contributed by atoms with van der Waals surface area (Å²) in [6.07, 6.45) is 10.2. The van der Waals surface area contributed by atoms with Crippen molar-refractivity contribution in [1.29, 1.82) is 0 Å². The number of H-pyrrole nitrogens is 1. The van der Waals surface area contributed by atoms with Crippen LogP contribution in [0.5, 0.6) is 0 Å². The lowest BCUT2D eigenvalue weighted by atomic mass is 9.87. The number of carbonyl (C=O) groups is 2. The van der Waals surface area contributed by atoms with Crippen LogP contribution in [0.25, 0.3) is 33.2 Å². The number of carbonyl (C=O) groups excluding carboxylic acids is 2. The Labute approximate surface area is 214 Å². The lowest BCUT2D eigenvalue weighted by Gasteiger charge is -2.20. The molecule has 1 atom stereocenters. The van der Waals surface area contributed by atoms with Gasteiger partial charge in [-0.1, -0.05) is 32.1 Å². The molecule has 1 unspecified atom stereocenters. The van der Waals surface area contributed by atoms with Crippen molar-refractivity contribution < 1.29 is 18.4 Å². The Kier molecular flexibility index (Phi) is 6.70. The van der Waals surface area contributed by atoms with Gasteiger partial charge in [-0.25, -0.2) is 4.39 Å². The Morgan fingerprint density at radius 1 is 1.11 bits per heavy atom. The molecule has 0 bridgehead atoms. The molecule has 5 rings (SSSR count). The number of furan rings is 1. The van der Waals surface area contributed by atoms with Crippen LogP contribution in [0.15, 0.2) is 70.8 Å². The Bertz CT molecular complexity index is 1540. The Morgan fingerprint density at radius 2 is 1.86 bits per heavy atom. The molecule has 2 aromatic heterocycles. The van der Waals surface area contributed by atoms with Crippen LogP contribution in [0.3, 0.4) is 0 Å². The number of hydrogen-bond donors (Lipinski definition) is 3. The Morgan fingerprint density at radius 3 is 2.57 bits per heavy atom. The van der Waals surface area contributed by atoms with Gasteiger partial charge >= 0.3 is 0 Å². The highest BCUT2D eigenvalue weighted by Crippen LogP contribution is 2.42. The van der Waals surface area contributed by atoms with E-state index in [0.717, 1.165) is 35.7 Å². The number of benzene rings is 2. The monoisotopic (exact) mass is 499 g/mol. The highest BCUT2D eigenvalue weighted by molar-refractivity contribution is 6.17. The van der Waals surface area contributed by atoms with Crippen molar-refractivity contribution in [3.63, 3.8) is 0 Å². The van der Waals surface area contributed by atoms with E-state index in [-0.39, 0.29) is 29.6 Å². The molecule has 0 saturated heterocycles. The van der Waals surface area contributed by atoms with Crippen molar-refractivity contribution in [3.05, 3.63) is 83.3 Å².